The Morgan fingerprint density at radius 3 is 2.44 bits per heavy atom. The first-order chi connectivity index (χ1) is 15.1. The van der Waals surface area contributed by atoms with E-state index in [-0.39, 0.29) is 32.7 Å². The number of sulfonamides is 1. The molecule has 0 saturated heterocycles. The van der Waals surface area contributed by atoms with Crippen LogP contribution in [0.3, 0.4) is 0 Å². The summed E-state index contributed by atoms with van der Waals surface area (Å²) >= 11 is 19.2. The number of aromatic nitrogens is 1. The van der Waals surface area contributed by atoms with E-state index in [1.807, 2.05) is 6.07 Å². The van der Waals surface area contributed by atoms with E-state index in [0.29, 0.717) is 20.8 Å². The second kappa shape index (κ2) is 8.88. The van der Waals surface area contributed by atoms with Crippen molar-refractivity contribution in [1.82, 2.24) is 4.98 Å². The molecule has 4 aromatic rings. The number of hydrogen-bond acceptors (Lipinski definition) is 6. The molecule has 1 N–H and O–H groups in total. The number of nitrogens with one attached hydrogen (secondary N) is 1. The average molecular weight is 528 g/mol. The van der Waals surface area contributed by atoms with Crippen LogP contribution in [-0.4, -0.2) is 19.2 Å². The van der Waals surface area contributed by atoms with E-state index in [4.69, 9.17) is 39.5 Å². The second-order valence-electron chi connectivity index (χ2n) is 6.68. The summed E-state index contributed by atoms with van der Waals surface area (Å²) in [4.78, 5) is 16.2. The summed E-state index contributed by atoms with van der Waals surface area (Å²) in [6.45, 7) is 1.37. The lowest BCUT2D eigenvalue weighted by Gasteiger charge is -2.12. The van der Waals surface area contributed by atoms with Crippen LogP contribution in [0, 0.1) is 0 Å². The van der Waals surface area contributed by atoms with Crippen LogP contribution in [0.2, 0.25) is 15.1 Å². The van der Waals surface area contributed by atoms with Crippen molar-refractivity contribution >= 4 is 77.9 Å². The Labute approximate surface area is 202 Å². The largest absolute Gasteiger partial charge is 0.431 e. The Balaban J connectivity index is 1.69. The highest BCUT2D eigenvalue weighted by atomic mass is 35.5. The number of hydrogen-bond donors (Lipinski definition) is 1. The number of thiazole rings is 1. The SMILES string of the molecule is CC(=O)c1cc(NS(=O)(=O)c2ccc(Cl)cc2Cl)cc(Oc2nc3cc(Cl)ccc3s2)c1. The molecule has 0 spiro atoms. The molecule has 6 nitrogen and oxygen atoms in total. The number of benzene rings is 3. The number of ketones is 1. The lowest BCUT2D eigenvalue weighted by atomic mass is 10.1. The van der Waals surface area contributed by atoms with Crippen molar-refractivity contribution in [3.05, 3.63) is 75.2 Å². The Hall–Kier alpha value is -2.36. The van der Waals surface area contributed by atoms with Gasteiger partial charge < -0.3 is 4.74 Å². The molecule has 0 bridgehead atoms. The summed E-state index contributed by atoms with van der Waals surface area (Å²) in [6.07, 6.45) is 0. The van der Waals surface area contributed by atoms with Crippen LogP contribution in [0.4, 0.5) is 5.69 Å². The first kappa shape index (κ1) is 22.8. The number of Topliss-reactive ketones (excluding diaryl/α,β-unsaturated/α-hetero) is 1. The van der Waals surface area contributed by atoms with Gasteiger partial charge in [-0.15, -0.1) is 0 Å². The fourth-order valence-electron chi connectivity index (χ4n) is 2.85. The summed E-state index contributed by atoms with van der Waals surface area (Å²) in [6, 6.07) is 13.7. The minimum atomic E-state index is -4.05. The molecule has 164 valence electrons. The van der Waals surface area contributed by atoms with Gasteiger partial charge in [0.05, 0.1) is 20.9 Å². The normalized spacial score (nSPS) is 11.5. The standard InChI is InChI=1S/C21H13Cl3N2O4S2/c1-11(27)12-6-15(26-32(28,29)20-5-3-13(22)8-17(20)24)10-16(7-12)30-21-25-18-9-14(23)2-4-19(18)31-21/h2-10,26H,1H3. The van der Waals surface area contributed by atoms with E-state index in [2.05, 4.69) is 9.71 Å². The zero-order valence-electron chi connectivity index (χ0n) is 16.2. The van der Waals surface area contributed by atoms with E-state index in [1.165, 1.54) is 54.7 Å². The third kappa shape index (κ3) is 5.00. The molecule has 0 unspecified atom stereocenters. The van der Waals surface area contributed by atoms with Crippen molar-refractivity contribution < 1.29 is 17.9 Å². The zero-order chi connectivity index (χ0) is 23.0. The molecule has 3 aromatic carbocycles. The first-order valence-electron chi connectivity index (χ1n) is 8.98. The summed E-state index contributed by atoms with van der Waals surface area (Å²) in [5.41, 5.74) is 1.05. The molecule has 1 heterocycles. The van der Waals surface area contributed by atoms with Crippen LogP contribution in [0.25, 0.3) is 10.2 Å². The zero-order valence-corrected chi connectivity index (χ0v) is 20.1. The van der Waals surface area contributed by atoms with Gasteiger partial charge in [0, 0.05) is 21.7 Å². The Morgan fingerprint density at radius 1 is 1.00 bits per heavy atom. The van der Waals surface area contributed by atoms with Crippen molar-refractivity contribution in [2.24, 2.45) is 0 Å². The Morgan fingerprint density at radius 2 is 1.72 bits per heavy atom. The number of halogens is 3. The molecule has 0 aliphatic rings. The quantitative estimate of drug-likeness (QED) is 0.271. The van der Waals surface area contributed by atoms with E-state index >= 15 is 0 Å². The lowest BCUT2D eigenvalue weighted by Crippen LogP contribution is -2.14. The van der Waals surface area contributed by atoms with Gasteiger partial charge in [0.1, 0.15) is 10.6 Å². The fraction of sp³-hybridized carbons (Fsp3) is 0.0476. The highest BCUT2D eigenvalue weighted by molar-refractivity contribution is 7.92. The number of anilines is 1. The van der Waals surface area contributed by atoms with Gasteiger partial charge in [-0.05, 0) is 55.5 Å². The number of ether oxygens (including phenoxy) is 1. The van der Waals surface area contributed by atoms with Gasteiger partial charge in [0.2, 0.25) is 0 Å². The van der Waals surface area contributed by atoms with E-state index in [0.717, 1.165) is 4.70 Å². The topological polar surface area (TPSA) is 85.4 Å². The van der Waals surface area contributed by atoms with Gasteiger partial charge in [0.25, 0.3) is 15.2 Å². The van der Waals surface area contributed by atoms with Crippen LogP contribution < -0.4 is 9.46 Å². The van der Waals surface area contributed by atoms with Crippen LogP contribution >= 0.6 is 46.1 Å². The van der Waals surface area contributed by atoms with Crippen molar-refractivity contribution in [3.8, 4) is 10.9 Å². The molecule has 4 rings (SSSR count). The fourth-order valence-corrected chi connectivity index (χ4v) is 5.64. The molecule has 32 heavy (non-hydrogen) atoms. The molecule has 0 aliphatic heterocycles. The van der Waals surface area contributed by atoms with E-state index in [9.17, 15) is 13.2 Å². The van der Waals surface area contributed by atoms with Crippen molar-refractivity contribution in [2.75, 3.05) is 4.72 Å². The van der Waals surface area contributed by atoms with Gasteiger partial charge in [-0.3, -0.25) is 9.52 Å². The average Bonchev–Trinajstić information content (AvgIpc) is 3.08. The molecule has 0 aliphatic carbocycles. The van der Waals surface area contributed by atoms with Gasteiger partial charge in [0.15, 0.2) is 5.78 Å². The summed E-state index contributed by atoms with van der Waals surface area (Å²) in [5.74, 6) is -0.0285. The molecular formula is C21H13Cl3N2O4S2. The third-order valence-corrected chi connectivity index (χ3v) is 7.53. The molecule has 0 saturated carbocycles. The molecular weight excluding hydrogens is 515 g/mol. The molecule has 0 amide bonds. The lowest BCUT2D eigenvalue weighted by molar-refractivity contribution is 0.101. The van der Waals surface area contributed by atoms with Gasteiger partial charge in [-0.2, -0.15) is 0 Å². The number of nitrogens with zero attached hydrogens (tertiary/aromatic N) is 1. The first-order valence-corrected chi connectivity index (χ1v) is 12.4. The second-order valence-corrected chi connectivity index (χ2v) is 10.6. The summed E-state index contributed by atoms with van der Waals surface area (Å²) in [7, 11) is -4.05. The monoisotopic (exact) mass is 526 g/mol. The molecule has 0 radical (unpaired) electrons. The van der Waals surface area contributed by atoms with Crippen LogP contribution in [-0.2, 0) is 10.0 Å². The number of carbonyl (C=O) groups is 1. The molecule has 1 aromatic heterocycles. The maximum absolute atomic E-state index is 12.8. The molecule has 0 atom stereocenters. The highest BCUT2D eigenvalue weighted by Crippen LogP contribution is 2.35. The maximum Gasteiger partial charge on any atom is 0.279 e. The highest BCUT2D eigenvalue weighted by Gasteiger charge is 2.20. The van der Waals surface area contributed by atoms with Gasteiger partial charge in [-0.25, -0.2) is 13.4 Å². The smallest absolute Gasteiger partial charge is 0.279 e. The summed E-state index contributed by atoms with van der Waals surface area (Å²) in [5, 5.41) is 1.14. The number of carbonyl (C=O) groups excluding carboxylic acids is 1. The molecule has 11 heteroatoms. The number of fused-ring (bicyclic) bond motifs is 1. The minimum absolute atomic E-state index is 0.0302. The van der Waals surface area contributed by atoms with E-state index in [1.54, 1.807) is 12.1 Å². The minimum Gasteiger partial charge on any atom is -0.431 e. The van der Waals surface area contributed by atoms with Crippen molar-refractivity contribution in [1.29, 1.82) is 0 Å². The van der Waals surface area contributed by atoms with Crippen LogP contribution in [0.1, 0.15) is 17.3 Å². The van der Waals surface area contributed by atoms with E-state index < -0.39 is 10.0 Å². The van der Waals surface area contributed by atoms with Crippen LogP contribution in [0.15, 0.2) is 59.5 Å². The summed E-state index contributed by atoms with van der Waals surface area (Å²) < 4.78 is 34.8. The van der Waals surface area contributed by atoms with Crippen LogP contribution in [0.5, 0.6) is 10.9 Å². The predicted molar refractivity (Wildman–Crippen MR) is 128 cm³/mol. The van der Waals surface area contributed by atoms with Crippen molar-refractivity contribution in [3.63, 3.8) is 0 Å². The Kier molecular flexibility index (Phi) is 6.33. The number of rotatable bonds is 6. The van der Waals surface area contributed by atoms with Gasteiger partial charge in [-0.1, -0.05) is 46.1 Å². The predicted octanol–water partition coefficient (Wildman–Crippen LogP) is 7.05. The molecule has 0 fully saturated rings. The third-order valence-electron chi connectivity index (χ3n) is 4.28. The van der Waals surface area contributed by atoms with Crippen molar-refractivity contribution in [2.45, 2.75) is 11.8 Å². The Bertz CT molecular complexity index is 1470. The van der Waals surface area contributed by atoms with Gasteiger partial charge >= 0.3 is 0 Å². The maximum atomic E-state index is 12.8.